The normalized spacial score (nSPS) is 12.5. The highest BCUT2D eigenvalue weighted by Crippen LogP contribution is 2.44. The minimum atomic E-state index is 0.693. The molecule has 0 saturated carbocycles. The van der Waals surface area contributed by atoms with E-state index in [1.807, 2.05) is 6.07 Å². The second-order valence-corrected chi connectivity index (χ2v) is 11.7. The van der Waals surface area contributed by atoms with Gasteiger partial charge in [-0.2, -0.15) is 0 Å². The monoisotopic (exact) mass is 560 g/mol. The van der Waals surface area contributed by atoms with Crippen LogP contribution in [0.15, 0.2) is 138 Å². The molecule has 1 aliphatic carbocycles. The SMILES string of the molecule is c1ccc2c(c1)Cc1c-2ccc2cccc(-c3nc(-c4ccc5c(c4)oc4c6ccccc6ccc54)nc4ccccc34)c12. The molecule has 10 rings (SSSR count). The lowest BCUT2D eigenvalue weighted by Crippen LogP contribution is -1.97. The third-order valence-corrected chi connectivity index (χ3v) is 9.31. The lowest BCUT2D eigenvalue weighted by Gasteiger charge is -2.14. The van der Waals surface area contributed by atoms with Gasteiger partial charge in [-0.15, -0.1) is 0 Å². The van der Waals surface area contributed by atoms with Gasteiger partial charge in [0.05, 0.1) is 11.2 Å². The van der Waals surface area contributed by atoms with Crippen LogP contribution in [0.2, 0.25) is 0 Å². The number of benzene rings is 7. The maximum atomic E-state index is 6.51. The summed E-state index contributed by atoms with van der Waals surface area (Å²) in [5, 5.41) is 8.07. The van der Waals surface area contributed by atoms with Crippen molar-refractivity contribution < 1.29 is 4.42 Å². The van der Waals surface area contributed by atoms with Crippen LogP contribution >= 0.6 is 0 Å². The van der Waals surface area contributed by atoms with Crippen LogP contribution in [0.25, 0.3) is 88.2 Å². The molecule has 9 aromatic rings. The fraction of sp³-hybridized carbons (Fsp3) is 0.0244. The summed E-state index contributed by atoms with van der Waals surface area (Å²) in [4.78, 5) is 10.4. The average Bonchev–Trinajstić information content (AvgIpc) is 3.66. The van der Waals surface area contributed by atoms with Gasteiger partial charge in [0.15, 0.2) is 5.82 Å². The number of para-hydroxylation sites is 1. The summed E-state index contributed by atoms with van der Waals surface area (Å²) >= 11 is 0. The van der Waals surface area contributed by atoms with E-state index >= 15 is 0 Å². The first-order valence-electron chi connectivity index (χ1n) is 15.0. The predicted octanol–water partition coefficient (Wildman–Crippen LogP) is 10.7. The molecule has 0 saturated heterocycles. The number of aromatic nitrogens is 2. The van der Waals surface area contributed by atoms with Crippen LogP contribution in [0.1, 0.15) is 11.1 Å². The number of furan rings is 1. The highest BCUT2D eigenvalue weighted by Gasteiger charge is 2.23. The third kappa shape index (κ3) is 3.32. The predicted molar refractivity (Wildman–Crippen MR) is 181 cm³/mol. The number of rotatable bonds is 2. The quantitative estimate of drug-likeness (QED) is 0.211. The summed E-state index contributed by atoms with van der Waals surface area (Å²) in [5.74, 6) is 0.693. The van der Waals surface area contributed by atoms with Gasteiger partial charge in [0.2, 0.25) is 0 Å². The summed E-state index contributed by atoms with van der Waals surface area (Å²) in [7, 11) is 0. The minimum Gasteiger partial charge on any atom is -0.455 e. The molecule has 2 heterocycles. The van der Waals surface area contributed by atoms with Crippen LogP contribution in [0.5, 0.6) is 0 Å². The Morgan fingerprint density at radius 3 is 2.27 bits per heavy atom. The molecule has 0 spiro atoms. The lowest BCUT2D eigenvalue weighted by molar-refractivity contribution is 0.673. The molecule has 3 nitrogen and oxygen atoms in total. The minimum absolute atomic E-state index is 0.693. The van der Waals surface area contributed by atoms with Gasteiger partial charge in [0.25, 0.3) is 0 Å². The van der Waals surface area contributed by atoms with Crippen molar-refractivity contribution in [2.24, 2.45) is 0 Å². The second-order valence-electron chi connectivity index (χ2n) is 11.7. The van der Waals surface area contributed by atoms with Crippen LogP contribution in [0.3, 0.4) is 0 Å². The zero-order valence-corrected chi connectivity index (χ0v) is 23.7. The first-order valence-corrected chi connectivity index (χ1v) is 15.0. The Hall–Kier alpha value is -5.80. The average molecular weight is 561 g/mol. The van der Waals surface area contributed by atoms with E-state index in [1.165, 1.54) is 38.4 Å². The maximum absolute atomic E-state index is 6.51. The Kier molecular flexibility index (Phi) is 4.77. The second kappa shape index (κ2) is 8.85. The van der Waals surface area contributed by atoms with Crippen molar-refractivity contribution in [1.82, 2.24) is 9.97 Å². The molecule has 0 amide bonds. The molecule has 2 aromatic heterocycles. The van der Waals surface area contributed by atoms with Crippen molar-refractivity contribution >= 4 is 54.4 Å². The molecule has 0 bridgehead atoms. The van der Waals surface area contributed by atoms with Crippen molar-refractivity contribution in [2.75, 3.05) is 0 Å². The molecule has 0 fully saturated rings. The molecule has 0 aliphatic heterocycles. The zero-order valence-electron chi connectivity index (χ0n) is 23.7. The van der Waals surface area contributed by atoms with E-state index in [-0.39, 0.29) is 0 Å². The van der Waals surface area contributed by atoms with Crippen LogP contribution in [-0.2, 0) is 6.42 Å². The van der Waals surface area contributed by atoms with Gasteiger partial charge < -0.3 is 4.42 Å². The number of nitrogens with zero attached hydrogens (tertiary/aromatic N) is 2. The van der Waals surface area contributed by atoms with Gasteiger partial charge in [-0.1, -0.05) is 109 Å². The maximum Gasteiger partial charge on any atom is 0.160 e. The Bertz CT molecular complexity index is 2650. The van der Waals surface area contributed by atoms with Gasteiger partial charge >= 0.3 is 0 Å². The largest absolute Gasteiger partial charge is 0.455 e. The molecular weight excluding hydrogens is 536 g/mol. The van der Waals surface area contributed by atoms with Gasteiger partial charge in [-0.05, 0) is 69.1 Å². The van der Waals surface area contributed by atoms with Gasteiger partial charge in [0.1, 0.15) is 11.2 Å². The Morgan fingerprint density at radius 2 is 1.30 bits per heavy atom. The van der Waals surface area contributed by atoms with Crippen molar-refractivity contribution in [3.8, 4) is 33.8 Å². The first-order chi connectivity index (χ1) is 21.8. The van der Waals surface area contributed by atoms with Crippen LogP contribution in [0.4, 0.5) is 0 Å². The van der Waals surface area contributed by atoms with Gasteiger partial charge in [-0.3, -0.25) is 0 Å². The van der Waals surface area contributed by atoms with Crippen molar-refractivity contribution in [1.29, 1.82) is 0 Å². The third-order valence-electron chi connectivity index (χ3n) is 9.31. The summed E-state index contributed by atoms with van der Waals surface area (Å²) < 4.78 is 6.51. The number of hydrogen-bond donors (Lipinski definition) is 0. The number of fused-ring (bicyclic) bond motifs is 11. The highest BCUT2D eigenvalue weighted by molar-refractivity contribution is 6.15. The number of hydrogen-bond acceptors (Lipinski definition) is 3. The van der Waals surface area contributed by atoms with E-state index in [2.05, 4.69) is 127 Å². The Labute approximate surface area is 253 Å². The van der Waals surface area contributed by atoms with Crippen molar-refractivity contribution in [3.05, 3.63) is 145 Å². The smallest absolute Gasteiger partial charge is 0.160 e. The fourth-order valence-electron chi connectivity index (χ4n) is 7.27. The standard InChI is InChI=1S/C41H24N2O/c1-4-12-29-24(8-1)16-21-32-31-20-18-27(23-37(31)44-40(29)32)41-42-36-15-6-5-13-33(36)39(43-41)34-14-7-10-25-17-19-30-28-11-3-2-9-26(28)22-35(30)38(25)34/h1-21,23H,22H2. The fourth-order valence-corrected chi connectivity index (χ4v) is 7.27. The topological polar surface area (TPSA) is 38.9 Å². The molecule has 1 aliphatic rings. The van der Waals surface area contributed by atoms with E-state index < -0.39 is 0 Å². The van der Waals surface area contributed by atoms with Crippen molar-refractivity contribution in [2.45, 2.75) is 6.42 Å². The molecule has 0 N–H and O–H groups in total. The lowest BCUT2D eigenvalue weighted by atomic mass is 9.92. The molecule has 7 aromatic carbocycles. The summed E-state index contributed by atoms with van der Waals surface area (Å²) in [6, 6.07) is 47.3. The van der Waals surface area contributed by atoms with Crippen LogP contribution in [-0.4, -0.2) is 9.97 Å². The Morgan fingerprint density at radius 1 is 0.523 bits per heavy atom. The summed E-state index contributed by atoms with van der Waals surface area (Å²) in [6.07, 6.45) is 0.924. The Balaban J connectivity index is 1.21. The molecule has 0 radical (unpaired) electrons. The van der Waals surface area contributed by atoms with Crippen LogP contribution < -0.4 is 0 Å². The summed E-state index contributed by atoms with van der Waals surface area (Å²) in [5.41, 5.74) is 11.1. The molecule has 3 heteroatoms. The molecule has 0 atom stereocenters. The van der Waals surface area contributed by atoms with Gasteiger partial charge in [0, 0.05) is 32.7 Å². The first kappa shape index (κ1) is 23.7. The zero-order chi connectivity index (χ0) is 28.8. The molecule has 0 unspecified atom stereocenters. The van der Waals surface area contributed by atoms with E-state index in [0.29, 0.717) is 5.82 Å². The molecular formula is C41H24N2O. The van der Waals surface area contributed by atoms with Gasteiger partial charge in [-0.25, -0.2) is 9.97 Å². The highest BCUT2D eigenvalue weighted by atomic mass is 16.3. The summed E-state index contributed by atoms with van der Waals surface area (Å²) in [6.45, 7) is 0. The van der Waals surface area contributed by atoms with E-state index in [4.69, 9.17) is 14.4 Å². The van der Waals surface area contributed by atoms with Crippen LogP contribution in [0, 0.1) is 0 Å². The van der Waals surface area contributed by atoms with E-state index in [1.54, 1.807) is 0 Å². The van der Waals surface area contributed by atoms with Crippen molar-refractivity contribution in [3.63, 3.8) is 0 Å². The molecule has 204 valence electrons. The molecule has 44 heavy (non-hydrogen) atoms. The van der Waals surface area contributed by atoms with E-state index in [9.17, 15) is 0 Å². The van der Waals surface area contributed by atoms with E-state index in [0.717, 1.165) is 61.5 Å².